The molecule has 0 atom stereocenters. The summed E-state index contributed by atoms with van der Waals surface area (Å²) in [6.07, 6.45) is 16.1. The molecule has 0 aliphatic carbocycles. The molecule has 0 aromatic heterocycles. The molecule has 0 saturated carbocycles. The maximum Gasteiger partial charge on any atom is 0 e. The van der Waals surface area contributed by atoms with E-state index < -0.39 is 0 Å². The van der Waals surface area contributed by atoms with Gasteiger partial charge >= 0.3 is 0 Å². The Morgan fingerprint density at radius 1 is 0.536 bits per heavy atom. The normalized spacial score (nSPS) is 10.6. The molecule has 2 heteroatoms. The Labute approximate surface area is 216 Å². The summed E-state index contributed by atoms with van der Waals surface area (Å²) in [5.74, 6) is 0. The summed E-state index contributed by atoms with van der Waals surface area (Å²) in [4.78, 5) is 0. The zero-order valence-corrected chi connectivity index (χ0v) is 23.8. The molecule has 0 aliphatic rings. The fourth-order valence-corrected chi connectivity index (χ4v) is 5.09. The van der Waals surface area contributed by atoms with Gasteiger partial charge in [0.25, 0.3) is 0 Å². The first-order valence-corrected chi connectivity index (χ1v) is 12.3. The third-order valence-corrected chi connectivity index (χ3v) is 6.92. The molecular weight excluding hydrogens is 481 g/mol. The van der Waals surface area contributed by atoms with E-state index in [1.807, 2.05) is 0 Å². The monoisotopic (exact) mass is 520 g/mol. The first kappa shape index (κ1) is 26.5. The van der Waals surface area contributed by atoms with E-state index in [0.717, 1.165) is 8.58 Å². The fourth-order valence-electron chi connectivity index (χ4n) is 3.70. The molecule has 150 valence electrons. The Bertz CT molecular complexity index is 582. The van der Waals surface area contributed by atoms with Gasteiger partial charge in [-0.05, 0) is 47.4 Å². The van der Waals surface area contributed by atoms with Gasteiger partial charge in [-0.25, -0.2) is 0 Å². The minimum absolute atomic E-state index is 0. The van der Waals surface area contributed by atoms with Gasteiger partial charge in [0, 0.05) is 48.9 Å². The molecular formula is C26H39BaP. The number of rotatable bonds is 14. The molecule has 0 N–H and O–H groups in total. The largest absolute Gasteiger partial charge is 0.0654 e. The van der Waals surface area contributed by atoms with E-state index in [0.29, 0.717) is 0 Å². The second-order valence-electron chi connectivity index (χ2n) is 7.77. The topological polar surface area (TPSA) is 0 Å². The molecule has 0 heterocycles. The van der Waals surface area contributed by atoms with Crippen LogP contribution in [-0.4, -0.2) is 48.9 Å². The standard InChI is InChI=1S/C26H39P.Ba/c1-3-5-7-9-11-17-23-19-13-15-21-25(23)27-26-22-16-14-20-24(26)18-12-10-8-6-4-2;/h13-16,19-22,27H,3-12,17-18H2,1-2H3;. The minimum atomic E-state index is 0. The van der Waals surface area contributed by atoms with Crippen molar-refractivity contribution in [3.05, 3.63) is 59.7 Å². The van der Waals surface area contributed by atoms with E-state index in [1.165, 1.54) is 77.0 Å². The molecule has 2 aromatic carbocycles. The second-order valence-corrected chi connectivity index (χ2v) is 9.10. The van der Waals surface area contributed by atoms with E-state index >= 15 is 0 Å². The van der Waals surface area contributed by atoms with Crippen LogP contribution in [0.4, 0.5) is 0 Å². The number of hydrogen-bond acceptors (Lipinski definition) is 0. The molecule has 0 fully saturated rings. The number of aryl methyl sites for hydroxylation is 2. The van der Waals surface area contributed by atoms with Crippen LogP contribution in [0.15, 0.2) is 48.5 Å². The third-order valence-electron chi connectivity index (χ3n) is 5.40. The van der Waals surface area contributed by atoms with E-state index in [4.69, 9.17) is 0 Å². The number of unbranched alkanes of at least 4 members (excludes halogenated alkanes) is 8. The Morgan fingerprint density at radius 3 is 1.36 bits per heavy atom. The van der Waals surface area contributed by atoms with E-state index in [9.17, 15) is 0 Å². The van der Waals surface area contributed by atoms with Crippen molar-refractivity contribution in [2.24, 2.45) is 0 Å². The quantitative estimate of drug-likeness (QED) is 0.144. The van der Waals surface area contributed by atoms with Crippen LogP contribution >= 0.6 is 8.58 Å². The van der Waals surface area contributed by atoms with Gasteiger partial charge in [0.15, 0.2) is 0 Å². The molecule has 0 amide bonds. The maximum absolute atomic E-state index is 2.36. The Kier molecular flexibility index (Phi) is 16.2. The average Bonchev–Trinajstić information content (AvgIpc) is 2.70. The van der Waals surface area contributed by atoms with Gasteiger partial charge in [-0.15, -0.1) is 0 Å². The van der Waals surface area contributed by atoms with Gasteiger partial charge in [-0.1, -0.05) is 122 Å². The van der Waals surface area contributed by atoms with Crippen molar-refractivity contribution < 1.29 is 0 Å². The van der Waals surface area contributed by atoms with Gasteiger partial charge in [0.1, 0.15) is 0 Å². The summed E-state index contributed by atoms with van der Waals surface area (Å²) in [6, 6.07) is 18.3. The molecule has 0 aliphatic heterocycles. The molecule has 0 spiro atoms. The Morgan fingerprint density at radius 2 is 0.929 bits per heavy atom. The van der Waals surface area contributed by atoms with E-state index in [-0.39, 0.29) is 48.9 Å². The van der Waals surface area contributed by atoms with Crippen LogP contribution in [0.2, 0.25) is 0 Å². The average molecular weight is 520 g/mol. The molecule has 0 bridgehead atoms. The van der Waals surface area contributed by atoms with Crippen LogP contribution in [0.3, 0.4) is 0 Å². The van der Waals surface area contributed by atoms with Crippen LogP contribution in [0.5, 0.6) is 0 Å². The van der Waals surface area contributed by atoms with Crippen molar-refractivity contribution in [3.8, 4) is 0 Å². The van der Waals surface area contributed by atoms with Crippen molar-refractivity contribution in [2.45, 2.75) is 90.9 Å². The van der Waals surface area contributed by atoms with Crippen molar-refractivity contribution in [3.63, 3.8) is 0 Å². The third kappa shape index (κ3) is 10.5. The molecule has 28 heavy (non-hydrogen) atoms. The first-order valence-electron chi connectivity index (χ1n) is 11.3. The van der Waals surface area contributed by atoms with Crippen molar-refractivity contribution in [1.82, 2.24) is 0 Å². The van der Waals surface area contributed by atoms with E-state index in [1.54, 1.807) is 21.7 Å². The summed E-state index contributed by atoms with van der Waals surface area (Å²) in [5.41, 5.74) is 3.15. The molecule has 2 rings (SSSR count). The minimum Gasteiger partial charge on any atom is -0.0654 e. The maximum atomic E-state index is 2.36. The second kappa shape index (κ2) is 17.2. The van der Waals surface area contributed by atoms with Crippen molar-refractivity contribution in [2.75, 3.05) is 0 Å². The predicted molar refractivity (Wildman–Crippen MR) is 131 cm³/mol. The van der Waals surface area contributed by atoms with Gasteiger partial charge in [0.2, 0.25) is 0 Å². The van der Waals surface area contributed by atoms with E-state index in [2.05, 4.69) is 62.4 Å². The molecule has 0 saturated heterocycles. The Balaban J connectivity index is 0.00000392. The van der Waals surface area contributed by atoms with Crippen LogP contribution in [0.25, 0.3) is 0 Å². The summed E-state index contributed by atoms with van der Waals surface area (Å²) >= 11 is 0. The fraction of sp³-hybridized carbons (Fsp3) is 0.538. The van der Waals surface area contributed by atoms with Crippen molar-refractivity contribution >= 4 is 68.1 Å². The Hall–Kier alpha value is 0.441. The van der Waals surface area contributed by atoms with Gasteiger partial charge in [0.05, 0.1) is 0 Å². The SMILES string of the molecule is CCCCCCCc1ccccc1Pc1ccccc1CCCCCCC.[Ba]. The predicted octanol–water partition coefficient (Wildman–Crippen LogP) is 6.96. The van der Waals surface area contributed by atoms with Crippen molar-refractivity contribution in [1.29, 1.82) is 0 Å². The van der Waals surface area contributed by atoms with Crippen LogP contribution in [0, 0.1) is 0 Å². The summed E-state index contributed by atoms with van der Waals surface area (Å²) in [6.45, 7) is 4.58. The zero-order chi connectivity index (χ0) is 19.2. The smallest absolute Gasteiger partial charge is 0 e. The molecule has 0 unspecified atom stereocenters. The summed E-state index contributed by atoms with van der Waals surface area (Å²) in [5, 5.41) is 3.12. The molecule has 2 aromatic rings. The summed E-state index contributed by atoms with van der Waals surface area (Å²) < 4.78 is 0. The van der Waals surface area contributed by atoms with Crippen LogP contribution in [-0.2, 0) is 12.8 Å². The number of hydrogen-bond donors (Lipinski definition) is 0. The van der Waals surface area contributed by atoms with Gasteiger partial charge < -0.3 is 0 Å². The van der Waals surface area contributed by atoms with Crippen LogP contribution < -0.4 is 10.6 Å². The molecule has 0 nitrogen and oxygen atoms in total. The van der Waals surface area contributed by atoms with Gasteiger partial charge in [-0.3, -0.25) is 0 Å². The van der Waals surface area contributed by atoms with Crippen LogP contribution in [0.1, 0.15) is 89.2 Å². The molecule has 2 radical (unpaired) electrons. The summed E-state index contributed by atoms with van der Waals surface area (Å²) in [7, 11) is 0.799. The first-order chi connectivity index (χ1) is 13.3. The zero-order valence-electron chi connectivity index (χ0n) is 18.3. The van der Waals surface area contributed by atoms with Gasteiger partial charge in [-0.2, -0.15) is 0 Å². The number of benzene rings is 2.